The van der Waals surface area contributed by atoms with Crippen LogP contribution < -0.4 is 5.32 Å². The minimum atomic E-state index is -0.807. The summed E-state index contributed by atoms with van der Waals surface area (Å²) < 4.78 is 0. The number of benzene rings is 1. The smallest absolute Gasteiger partial charge is 0.312 e. The van der Waals surface area contributed by atoms with E-state index in [-0.39, 0.29) is 0 Å². The molecule has 2 N–H and O–H groups in total. The van der Waals surface area contributed by atoms with Gasteiger partial charge >= 0.3 is 5.97 Å². The summed E-state index contributed by atoms with van der Waals surface area (Å²) in [6, 6.07) is 9.27. The summed E-state index contributed by atoms with van der Waals surface area (Å²) in [6.07, 6.45) is 1.79. The molecule has 0 spiro atoms. The van der Waals surface area contributed by atoms with Gasteiger partial charge in [0.2, 0.25) is 0 Å². The molecule has 0 aliphatic heterocycles. The van der Waals surface area contributed by atoms with Gasteiger partial charge < -0.3 is 10.4 Å². The quantitative estimate of drug-likeness (QED) is 0.837. The summed E-state index contributed by atoms with van der Waals surface area (Å²) in [5, 5.41) is 12.4. The van der Waals surface area contributed by atoms with E-state index < -0.39 is 11.9 Å². The molecule has 18 heavy (non-hydrogen) atoms. The molecule has 1 aromatic carbocycles. The highest BCUT2D eigenvalue weighted by atomic mass is 32.1. The SMILES string of the molecule is O=C(O)C(CNCc1cncs1)c1ccccc1. The van der Waals surface area contributed by atoms with Crippen molar-refractivity contribution in [1.29, 1.82) is 0 Å². The molecule has 0 aliphatic rings. The summed E-state index contributed by atoms with van der Waals surface area (Å²) in [4.78, 5) is 16.3. The van der Waals surface area contributed by atoms with Crippen LogP contribution in [0.2, 0.25) is 0 Å². The zero-order chi connectivity index (χ0) is 12.8. The van der Waals surface area contributed by atoms with Crippen LogP contribution in [0, 0.1) is 0 Å². The van der Waals surface area contributed by atoms with Gasteiger partial charge in [-0.3, -0.25) is 9.78 Å². The Kier molecular flexibility index (Phi) is 4.44. The van der Waals surface area contributed by atoms with Gasteiger partial charge in [-0.25, -0.2) is 0 Å². The molecular weight excluding hydrogens is 248 g/mol. The first-order valence-electron chi connectivity index (χ1n) is 5.63. The fourth-order valence-corrected chi connectivity index (χ4v) is 2.27. The molecule has 2 rings (SSSR count). The van der Waals surface area contributed by atoms with Gasteiger partial charge in [0.05, 0.1) is 11.4 Å². The monoisotopic (exact) mass is 262 g/mol. The Morgan fingerprint density at radius 2 is 2.17 bits per heavy atom. The van der Waals surface area contributed by atoms with Crippen LogP contribution in [-0.2, 0) is 11.3 Å². The molecule has 0 saturated carbocycles. The number of carboxylic acid groups (broad SMARTS) is 1. The Labute approximate surface area is 109 Å². The van der Waals surface area contributed by atoms with Crippen LogP contribution in [0.15, 0.2) is 42.0 Å². The lowest BCUT2D eigenvalue weighted by molar-refractivity contribution is -0.138. The minimum Gasteiger partial charge on any atom is -0.481 e. The van der Waals surface area contributed by atoms with Gasteiger partial charge in [-0.1, -0.05) is 30.3 Å². The molecule has 0 radical (unpaired) electrons. The third-order valence-electron chi connectivity index (χ3n) is 2.63. The Bertz CT molecular complexity index is 485. The largest absolute Gasteiger partial charge is 0.481 e. The molecule has 0 amide bonds. The van der Waals surface area contributed by atoms with Crippen LogP contribution in [0.1, 0.15) is 16.4 Å². The average Bonchev–Trinajstić information content (AvgIpc) is 2.88. The lowest BCUT2D eigenvalue weighted by Gasteiger charge is -2.13. The van der Waals surface area contributed by atoms with E-state index in [1.54, 1.807) is 23.0 Å². The zero-order valence-electron chi connectivity index (χ0n) is 9.74. The zero-order valence-corrected chi connectivity index (χ0v) is 10.6. The topological polar surface area (TPSA) is 62.2 Å². The lowest BCUT2D eigenvalue weighted by atomic mass is 9.99. The van der Waals surface area contributed by atoms with Gasteiger partial charge in [0.1, 0.15) is 0 Å². The minimum absolute atomic E-state index is 0.414. The highest BCUT2D eigenvalue weighted by Crippen LogP contribution is 2.15. The second-order valence-corrected chi connectivity index (χ2v) is 4.87. The summed E-state index contributed by atoms with van der Waals surface area (Å²) in [5.74, 6) is -1.32. The first kappa shape index (κ1) is 12.7. The second kappa shape index (κ2) is 6.28. The van der Waals surface area contributed by atoms with Gasteiger partial charge in [-0.2, -0.15) is 0 Å². The molecule has 1 atom stereocenters. The van der Waals surface area contributed by atoms with Crippen LogP contribution in [0.3, 0.4) is 0 Å². The number of hydrogen-bond donors (Lipinski definition) is 2. The Morgan fingerprint density at radius 1 is 1.39 bits per heavy atom. The highest BCUT2D eigenvalue weighted by Gasteiger charge is 2.18. The van der Waals surface area contributed by atoms with Crippen molar-refractivity contribution in [1.82, 2.24) is 10.3 Å². The van der Waals surface area contributed by atoms with E-state index in [4.69, 9.17) is 0 Å². The highest BCUT2D eigenvalue weighted by molar-refractivity contribution is 7.09. The number of hydrogen-bond acceptors (Lipinski definition) is 4. The van der Waals surface area contributed by atoms with Crippen LogP contribution >= 0.6 is 11.3 Å². The summed E-state index contributed by atoms with van der Waals surface area (Å²) >= 11 is 1.56. The van der Waals surface area contributed by atoms with Gasteiger partial charge in [-0.15, -0.1) is 11.3 Å². The second-order valence-electron chi connectivity index (χ2n) is 3.90. The van der Waals surface area contributed by atoms with Crippen LogP contribution in [0.25, 0.3) is 0 Å². The molecule has 0 bridgehead atoms. The van der Waals surface area contributed by atoms with Crippen molar-refractivity contribution in [2.24, 2.45) is 0 Å². The molecule has 4 nitrogen and oxygen atoms in total. The molecular formula is C13H14N2O2S. The summed E-state index contributed by atoms with van der Waals surface area (Å²) in [7, 11) is 0. The first-order chi connectivity index (χ1) is 8.77. The number of carbonyl (C=O) groups is 1. The van der Waals surface area contributed by atoms with Gasteiger partial charge in [0, 0.05) is 24.2 Å². The fraction of sp³-hybridized carbons (Fsp3) is 0.231. The van der Waals surface area contributed by atoms with E-state index in [0.29, 0.717) is 13.1 Å². The van der Waals surface area contributed by atoms with Crippen molar-refractivity contribution in [2.45, 2.75) is 12.5 Å². The Morgan fingerprint density at radius 3 is 2.78 bits per heavy atom. The predicted molar refractivity (Wildman–Crippen MR) is 70.6 cm³/mol. The van der Waals surface area contributed by atoms with Crippen molar-refractivity contribution in [2.75, 3.05) is 6.54 Å². The third-order valence-corrected chi connectivity index (χ3v) is 3.41. The molecule has 1 heterocycles. The van der Waals surface area contributed by atoms with Crippen LogP contribution in [0.4, 0.5) is 0 Å². The van der Waals surface area contributed by atoms with Crippen molar-refractivity contribution in [3.05, 3.63) is 52.5 Å². The molecule has 0 fully saturated rings. The van der Waals surface area contributed by atoms with Gasteiger partial charge in [-0.05, 0) is 5.56 Å². The molecule has 0 aliphatic carbocycles. The van der Waals surface area contributed by atoms with Gasteiger partial charge in [0.25, 0.3) is 0 Å². The van der Waals surface area contributed by atoms with E-state index in [9.17, 15) is 9.90 Å². The van der Waals surface area contributed by atoms with Crippen molar-refractivity contribution in [3.8, 4) is 0 Å². The van der Waals surface area contributed by atoms with Gasteiger partial charge in [0.15, 0.2) is 0 Å². The molecule has 5 heteroatoms. The normalized spacial score (nSPS) is 12.2. The number of nitrogens with zero attached hydrogens (tertiary/aromatic N) is 1. The van der Waals surface area contributed by atoms with Crippen molar-refractivity contribution >= 4 is 17.3 Å². The third kappa shape index (κ3) is 3.38. The van der Waals surface area contributed by atoms with E-state index in [1.807, 2.05) is 30.3 Å². The van der Waals surface area contributed by atoms with Crippen molar-refractivity contribution < 1.29 is 9.90 Å². The van der Waals surface area contributed by atoms with E-state index >= 15 is 0 Å². The van der Waals surface area contributed by atoms with E-state index in [0.717, 1.165) is 10.4 Å². The molecule has 2 aromatic rings. The number of rotatable bonds is 6. The first-order valence-corrected chi connectivity index (χ1v) is 6.51. The molecule has 94 valence electrons. The number of aliphatic carboxylic acids is 1. The van der Waals surface area contributed by atoms with Crippen molar-refractivity contribution in [3.63, 3.8) is 0 Å². The average molecular weight is 262 g/mol. The Balaban J connectivity index is 1.93. The predicted octanol–water partition coefficient (Wildman–Crippen LogP) is 2.10. The summed E-state index contributed by atoms with van der Waals surface area (Å²) in [6.45, 7) is 1.07. The maximum atomic E-state index is 11.2. The molecule has 1 unspecified atom stereocenters. The van der Waals surface area contributed by atoms with Crippen LogP contribution in [0.5, 0.6) is 0 Å². The standard InChI is InChI=1S/C13H14N2O2S/c16-13(17)12(10-4-2-1-3-5-10)8-14-6-11-7-15-9-18-11/h1-5,7,9,12,14H,6,8H2,(H,16,17). The molecule has 0 saturated heterocycles. The van der Waals surface area contributed by atoms with E-state index in [1.165, 1.54) is 0 Å². The maximum absolute atomic E-state index is 11.2. The maximum Gasteiger partial charge on any atom is 0.312 e. The number of aromatic nitrogens is 1. The fourth-order valence-electron chi connectivity index (χ4n) is 1.70. The lowest BCUT2D eigenvalue weighted by Crippen LogP contribution is -2.26. The summed E-state index contributed by atoms with van der Waals surface area (Å²) in [5.41, 5.74) is 2.59. The van der Waals surface area contributed by atoms with E-state index in [2.05, 4.69) is 10.3 Å². The van der Waals surface area contributed by atoms with Crippen LogP contribution in [-0.4, -0.2) is 22.6 Å². The number of carboxylic acids is 1. The Hall–Kier alpha value is -1.72. The molecule has 1 aromatic heterocycles. The number of nitrogens with one attached hydrogen (secondary N) is 1. The number of thiazole rings is 1.